The average molecular weight is 191 g/mol. The smallest absolute Gasteiger partial charge is 0.0715 e. The predicted molar refractivity (Wildman–Crippen MR) is 58.6 cm³/mol. The van der Waals surface area contributed by atoms with E-state index in [0.717, 1.165) is 25.9 Å². The van der Waals surface area contributed by atoms with Crippen molar-refractivity contribution in [3.05, 3.63) is 29.8 Å². The van der Waals surface area contributed by atoms with Crippen LogP contribution in [0.3, 0.4) is 0 Å². The van der Waals surface area contributed by atoms with Crippen molar-refractivity contribution in [3.63, 3.8) is 0 Å². The zero-order valence-corrected chi connectivity index (χ0v) is 8.61. The maximum atomic E-state index is 9.55. The van der Waals surface area contributed by atoms with E-state index in [9.17, 15) is 5.11 Å². The molecule has 1 aromatic carbocycles. The van der Waals surface area contributed by atoms with Gasteiger partial charge in [-0.2, -0.15) is 0 Å². The molecule has 1 heterocycles. The molecule has 0 aliphatic carbocycles. The molecule has 1 atom stereocenters. The van der Waals surface area contributed by atoms with Crippen LogP contribution in [0.25, 0.3) is 0 Å². The van der Waals surface area contributed by atoms with E-state index in [1.807, 2.05) is 0 Å². The minimum Gasteiger partial charge on any atom is -0.391 e. The molecule has 1 fully saturated rings. The fourth-order valence-corrected chi connectivity index (χ4v) is 1.94. The number of aliphatic hydroxyl groups excluding tert-OH is 1. The fraction of sp³-hybridized carbons (Fsp3) is 0.500. The molecule has 0 bridgehead atoms. The van der Waals surface area contributed by atoms with E-state index >= 15 is 0 Å². The van der Waals surface area contributed by atoms with Gasteiger partial charge in [0, 0.05) is 18.8 Å². The van der Waals surface area contributed by atoms with Crippen molar-refractivity contribution in [2.75, 3.05) is 18.0 Å². The predicted octanol–water partition coefficient (Wildman–Crippen LogP) is 1.96. The maximum Gasteiger partial charge on any atom is 0.0715 e. The number of nitrogens with zero attached hydrogens (tertiary/aromatic N) is 1. The van der Waals surface area contributed by atoms with Crippen LogP contribution in [0.1, 0.15) is 18.4 Å². The van der Waals surface area contributed by atoms with Crippen molar-refractivity contribution in [3.8, 4) is 0 Å². The summed E-state index contributed by atoms with van der Waals surface area (Å²) in [6.07, 6.45) is 1.89. The summed E-state index contributed by atoms with van der Waals surface area (Å²) in [7, 11) is 0. The Labute approximate surface area is 85.2 Å². The molecular formula is C12H17NO. The van der Waals surface area contributed by atoms with Gasteiger partial charge < -0.3 is 10.0 Å². The van der Waals surface area contributed by atoms with E-state index in [1.165, 1.54) is 11.3 Å². The summed E-state index contributed by atoms with van der Waals surface area (Å²) >= 11 is 0. The highest BCUT2D eigenvalue weighted by molar-refractivity contribution is 5.47. The van der Waals surface area contributed by atoms with Gasteiger partial charge in [0.25, 0.3) is 0 Å². The molecule has 76 valence electrons. The Hall–Kier alpha value is -1.02. The largest absolute Gasteiger partial charge is 0.391 e. The first-order valence-electron chi connectivity index (χ1n) is 5.25. The summed E-state index contributed by atoms with van der Waals surface area (Å²) in [6.45, 7) is 3.94. The molecule has 14 heavy (non-hydrogen) atoms. The first-order valence-corrected chi connectivity index (χ1v) is 5.25. The topological polar surface area (TPSA) is 23.5 Å². The van der Waals surface area contributed by atoms with Gasteiger partial charge in [-0.15, -0.1) is 0 Å². The Morgan fingerprint density at radius 1 is 1.29 bits per heavy atom. The summed E-state index contributed by atoms with van der Waals surface area (Å²) in [5, 5.41) is 9.55. The number of piperidine rings is 1. The number of benzene rings is 1. The molecule has 1 aliphatic rings. The van der Waals surface area contributed by atoms with Gasteiger partial charge in [-0.1, -0.05) is 17.7 Å². The molecule has 1 N–H and O–H groups in total. The zero-order chi connectivity index (χ0) is 9.97. The Kier molecular flexibility index (Phi) is 2.73. The number of aliphatic hydroxyl groups is 1. The van der Waals surface area contributed by atoms with Crippen LogP contribution < -0.4 is 4.90 Å². The Bertz CT molecular complexity index is 294. The fourth-order valence-electron chi connectivity index (χ4n) is 1.94. The van der Waals surface area contributed by atoms with Crippen LogP contribution in [0.2, 0.25) is 0 Å². The maximum absolute atomic E-state index is 9.55. The lowest BCUT2D eigenvalue weighted by molar-refractivity contribution is 0.154. The molecule has 2 heteroatoms. The van der Waals surface area contributed by atoms with Gasteiger partial charge in [0.2, 0.25) is 0 Å². The first kappa shape index (κ1) is 9.53. The number of β-amino-alcohol motifs (C(OH)–C–C–N with tert-alkyl or cyclic N) is 1. The van der Waals surface area contributed by atoms with Gasteiger partial charge in [-0.25, -0.2) is 0 Å². The van der Waals surface area contributed by atoms with Crippen LogP contribution in [0.5, 0.6) is 0 Å². The van der Waals surface area contributed by atoms with Crippen molar-refractivity contribution in [1.82, 2.24) is 0 Å². The number of anilines is 1. The van der Waals surface area contributed by atoms with Gasteiger partial charge in [-0.3, -0.25) is 0 Å². The van der Waals surface area contributed by atoms with Crippen LogP contribution in [0.4, 0.5) is 5.69 Å². The van der Waals surface area contributed by atoms with Crippen molar-refractivity contribution in [2.45, 2.75) is 25.9 Å². The molecule has 0 aromatic heterocycles. The minimum absolute atomic E-state index is 0.148. The second-order valence-corrected chi connectivity index (χ2v) is 4.08. The molecule has 0 radical (unpaired) electrons. The summed E-state index contributed by atoms with van der Waals surface area (Å²) in [4.78, 5) is 2.26. The first-order chi connectivity index (χ1) is 6.75. The third-order valence-corrected chi connectivity index (χ3v) is 2.80. The van der Waals surface area contributed by atoms with Gasteiger partial charge >= 0.3 is 0 Å². The van der Waals surface area contributed by atoms with Gasteiger partial charge in [0.05, 0.1) is 6.10 Å². The number of aryl methyl sites for hydroxylation is 1. The van der Waals surface area contributed by atoms with Crippen LogP contribution >= 0.6 is 0 Å². The molecule has 0 spiro atoms. The average Bonchev–Trinajstić information content (AvgIpc) is 2.19. The highest BCUT2D eigenvalue weighted by atomic mass is 16.3. The summed E-state index contributed by atoms with van der Waals surface area (Å²) in [5.74, 6) is 0. The van der Waals surface area contributed by atoms with E-state index < -0.39 is 0 Å². The van der Waals surface area contributed by atoms with E-state index in [0.29, 0.717) is 0 Å². The highest BCUT2D eigenvalue weighted by Crippen LogP contribution is 2.20. The monoisotopic (exact) mass is 191 g/mol. The Balaban J connectivity index is 2.10. The third-order valence-electron chi connectivity index (χ3n) is 2.80. The van der Waals surface area contributed by atoms with Crippen molar-refractivity contribution in [1.29, 1.82) is 0 Å². The minimum atomic E-state index is -0.148. The van der Waals surface area contributed by atoms with Gasteiger partial charge in [0.1, 0.15) is 0 Å². The van der Waals surface area contributed by atoms with Gasteiger partial charge in [0.15, 0.2) is 0 Å². The Morgan fingerprint density at radius 3 is 2.64 bits per heavy atom. The summed E-state index contributed by atoms with van der Waals surface area (Å²) in [6, 6.07) is 8.51. The number of hydrogen-bond acceptors (Lipinski definition) is 2. The lowest BCUT2D eigenvalue weighted by atomic mass is 10.1. The third kappa shape index (κ3) is 2.07. The molecule has 1 aromatic rings. The standard InChI is InChI=1S/C12H17NO/c1-10-4-6-11(7-5-10)13-8-2-3-12(14)9-13/h4-7,12,14H,2-3,8-9H2,1H3/t12-/m1/s1. The van der Waals surface area contributed by atoms with E-state index in [1.54, 1.807) is 0 Å². The van der Waals surface area contributed by atoms with Crippen LogP contribution in [-0.2, 0) is 0 Å². The SMILES string of the molecule is Cc1ccc(N2CCC[C@@H](O)C2)cc1. The molecule has 0 unspecified atom stereocenters. The van der Waals surface area contributed by atoms with Crippen molar-refractivity contribution in [2.24, 2.45) is 0 Å². The molecule has 0 saturated carbocycles. The zero-order valence-electron chi connectivity index (χ0n) is 8.61. The lowest BCUT2D eigenvalue weighted by Crippen LogP contribution is -2.38. The van der Waals surface area contributed by atoms with Crippen LogP contribution in [0, 0.1) is 6.92 Å². The number of rotatable bonds is 1. The second-order valence-electron chi connectivity index (χ2n) is 4.08. The molecule has 1 aliphatic heterocycles. The van der Waals surface area contributed by atoms with Crippen molar-refractivity contribution >= 4 is 5.69 Å². The lowest BCUT2D eigenvalue weighted by Gasteiger charge is -2.32. The normalized spacial score (nSPS) is 22.4. The Morgan fingerprint density at radius 2 is 2.00 bits per heavy atom. The van der Waals surface area contributed by atoms with Crippen LogP contribution in [0.15, 0.2) is 24.3 Å². The molecule has 0 amide bonds. The molecule has 2 rings (SSSR count). The molecule has 1 saturated heterocycles. The van der Waals surface area contributed by atoms with Crippen LogP contribution in [-0.4, -0.2) is 24.3 Å². The number of hydrogen-bond donors (Lipinski definition) is 1. The van der Waals surface area contributed by atoms with E-state index in [2.05, 4.69) is 36.1 Å². The summed E-state index contributed by atoms with van der Waals surface area (Å²) in [5.41, 5.74) is 2.51. The molecule has 2 nitrogen and oxygen atoms in total. The van der Waals surface area contributed by atoms with Gasteiger partial charge in [-0.05, 0) is 31.9 Å². The summed E-state index contributed by atoms with van der Waals surface area (Å²) < 4.78 is 0. The second kappa shape index (κ2) is 4.01. The quantitative estimate of drug-likeness (QED) is 0.733. The molecular weight excluding hydrogens is 174 g/mol. The van der Waals surface area contributed by atoms with E-state index in [4.69, 9.17) is 0 Å². The van der Waals surface area contributed by atoms with E-state index in [-0.39, 0.29) is 6.10 Å². The van der Waals surface area contributed by atoms with Crippen molar-refractivity contribution < 1.29 is 5.11 Å². The highest BCUT2D eigenvalue weighted by Gasteiger charge is 2.17.